The minimum absolute atomic E-state index is 0.500. The van der Waals surface area contributed by atoms with Crippen LogP contribution in [-0.2, 0) is 6.54 Å². The van der Waals surface area contributed by atoms with Gasteiger partial charge in [0.25, 0.3) is 0 Å². The summed E-state index contributed by atoms with van der Waals surface area (Å²) in [7, 11) is 0. The highest BCUT2D eigenvalue weighted by Crippen LogP contribution is 2.35. The van der Waals surface area contributed by atoms with E-state index >= 15 is 0 Å². The maximum Gasteiger partial charge on any atom is 0.0450 e. The molecule has 1 aromatic carbocycles. The molecule has 1 fully saturated rings. The number of halogens is 1. The highest BCUT2D eigenvalue weighted by molar-refractivity contribution is 6.31. The van der Waals surface area contributed by atoms with Gasteiger partial charge in [-0.3, -0.25) is 0 Å². The second-order valence-corrected chi connectivity index (χ2v) is 5.97. The molecule has 0 amide bonds. The Bertz CT molecular complexity index is 356. The van der Waals surface area contributed by atoms with Gasteiger partial charge < -0.3 is 5.32 Å². The van der Waals surface area contributed by atoms with E-state index in [9.17, 15) is 0 Å². The van der Waals surface area contributed by atoms with Crippen molar-refractivity contribution in [1.82, 2.24) is 5.32 Å². The number of nitrogens with one attached hydrogen (secondary N) is 1. The summed E-state index contributed by atoms with van der Waals surface area (Å²) >= 11 is 6.14. The summed E-state index contributed by atoms with van der Waals surface area (Å²) in [5.74, 6) is 0. The molecule has 0 spiro atoms. The molecule has 0 saturated heterocycles. The molecular weight excluding hydrogens is 230 g/mol. The first kappa shape index (κ1) is 12.9. The van der Waals surface area contributed by atoms with E-state index in [0.717, 1.165) is 18.1 Å². The molecule has 1 aromatic rings. The summed E-state index contributed by atoms with van der Waals surface area (Å²) in [5, 5.41) is 4.44. The minimum atomic E-state index is 0.500. The molecule has 1 N–H and O–H groups in total. The van der Waals surface area contributed by atoms with Gasteiger partial charge in [-0.2, -0.15) is 0 Å². The van der Waals surface area contributed by atoms with Crippen LogP contribution < -0.4 is 5.32 Å². The zero-order valence-electron chi connectivity index (χ0n) is 10.6. The Balaban J connectivity index is 1.81. The van der Waals surface area contributed by atoms with Gasteiger partial charge in [0.2, 0.25) is 0 Å². The molecular formula is C15H22ClN. The third-order valence-electron chi connectivity index (χ3n) is 3.89. The molecule has 0 bridgehead atoms. The molecule has 1 aliphatic carbocycles. The van der Waals surface area contributed by atoms with Crippen LogP contribution in [0.4, 0.5) is 0 Å². The zero-order chi connectivity index (χ0) is 12.1. The van der Waals surface area contributed by atoms with Gasteiger partial charge in [0.15, 0.2) is 0 Å². The van der Waals surface area contributed by atoms with Crippen molar-refractivity contribution in [2.45, 2.75) is 45.6 Å². The lowest BCUT2D eigenvalue weighted by atomic mass is 9.76. The van der Waals surface area contributed by atoms with Crippen molar-refractivity contribution >= 4 is 11.6 Å². The lowest BCUT2D eigenvalue weighted by Crippen LogP contribution is -2.33. The van der Waals surface area contributed by atoms with Gasteiger partial charge in [-0.05, 0) is 29.9 Å². The van der Waals surface area contributed by atoms with Gasteiger partial charge in [0, 0.05) is 18.1 Å². The molecule has 0 aliphatic heterocycles. The molecule has 1 aliphatic rings. The van der Waals surface area contributed by atoms with Gasteiger partial charge in [-0.15, -0.1) is 0 Å². The zero-order valence-corrected chi connectivity index (χ0v) is 11.4. The normalized spacial score (nSPS) is 19.2. The van der Waals surface area contributed by atoms with Crippen molar-refractivity contribution in [3.8, 4) is 0 Å². The fraction of sp³-hybridized carbons (Fsp3) is 0.600. The van der Waals surface area contributed by atoms with Crippen LogP contribution in [0, 0.1) is 5.41 Å². The molecule has 0 radical (unpaired) electrons. The van der Waals surface area contributed by atoms with Crippen molar-refractivity contribution in [1.29, 1.82) is 0 Å². The predicted octanol–water partition coefficient (Wildman–Crippen LogP) is 4.40. The van der Waals surface area contributed by atoms with Crippen LogP contribution in [0.2, 0.25) is 5.02 Å². The Morgan fingerprint density at radius 3 is 2.59 bits per heavy atom. The summed E-state index contributed by atoms with van der Waals surface area (Å²) in [5.41, 5.74) is 1.70. The monoisotopic (exact) mass is 251 g/mol. The van der Waals surface area contributed by atoms with Crippen LogP contribution >= 0.6 is 11.6 Å². The van der Waals surface area contributed by atoms with Crippen LogP contribution in [0.15, 0.2) is 24.3 Å². The molecule has 0 atom stereocenters. The van der Waals surface area contributed by atoms with Gasteiger partial charge in [-0.1, -0.05) is 56.0 Å². The van der Waals surface area contributed by atoms with Crippen molar-refractivity contribution in [3.63, 3.8) is 0 Å². The molecule has 1 saturated carbocycles. The Labute approximate surface area is 110 Å². The van der Waals surface area contributed by atoms with Crippen LogP contribution in [0.5, 0.6) is 0 Å². The van der Waals surface area contributed by atoms with Crippen LogP contribution in [-0.4, -0.2) is 6.54 Å². The average molecular weight is 252 g/mol. The van der Waals surface area contributed by atoms with Gasteiger partial charge in [-0.25, -0.2) is 0 Å². The first-order valence-electron chi connectivity index (χ1n) is 6.64. The second-order valence-electron chi connectivity index (χ2n) is 5.57. The maximum absolute atomic E-state index is 6.14. The summed E-state index contributed by atoms with van der Waals surface area (Å²) in [6.07, 6.45) is 6.93. The predicted molar refractivity (Wildman–Crippen MR) is 74.4 cm³/mol. The molecule has 2 heteroatoms. The van der Waals surface area contributed by atoms with E-state index in [4.69, 9.17) is 11.6 Å². The number of hydrogen-bond acceptors (Lipinski definition) is 1. The Morgan fingerprint density at radius 2 is 1.88 bits per heavy atom. The lowest BCUT2D eigenvalue weighted by Gasteiger charge is -2.33. The smallest absolute Gasteiger partial charge is 0.0450 e. The molecule has 0 heterocycles. The molecule has 17 heavy (non-hydrogen) atoms. The van der Waals surface area contributed by atoms with Gasteiger partial charge in [0.05, 0.1) is 0 Å². The molecule has 94 valence electrons. The lowest BCUT2D eigenvalue weighted by molar-refractivity contribution is 0.207. The number of rotatable bonds is 4. The van der Waals surface area contributed by atoms with E-state index in [1.165, 1.54) is 37.7 Å². The number of hydrogen-bond donors (Lipinski definition) is 1. The summed E-state index contributed by atoms with van der Waals surface area (Å²) < 4.78 is 0. The van der Waals surface area contributed by atoms with Crippen LogP contribution in [0.1, 0.15) is 44.6 Å². The Hall–Kier alpha value is -0.530. The standard InChI is InChI=1S/C15H22ClN/c1-15(9-5-2-6-10-15)12-17-11-13-7-3-4-8-14(13)16/h3-4,7-8,17H,2,5-6,9-12H2,1H3. The maximum atomic E-state index is 6.14. The van der Waals surface area contributed by atoms with Gasteiger partial charge >= 0.3 is 0 Å². The van der Waals surface area contributed by atoms with Crippen LogP contribution in [0.25, 0.3) is 0 Å². The Kier molecular flexibility index (Phi) is 4.47. The topological polar surface area (TPSA) is 12.0 Å². The fourth-order valence-corrected chi connectivity index (χ4v) is 2.93. The SMILES string of the molecule is CC1(CNCc2ccccc2Cl)CCCCC1. The summed E-state index contributed by atoms with van der Waals surface area (Å²) in [6, 6.07) is 8.08. The summed E-state index contributed by atoms with van der Waals surface area (Å²) in [4.78, 5) is 0. The van der Waals surface area contributed by atoms with E-state index in [2.05, 4.69) is 18.3 Å². The van der Waals surface area contributed by atoms with Crippen molar-refractivity contribution in [2.75, 3.05) is 6.54 Å². The Morgan fingerprint density at radius 1 is 1.18 bits per heavy atom. The van der Waals surface area contributed by atoms with E-state index in [0.29, 0.717) is 5.41 Å². The molecule has 0 aromatic heterocycles. The third-order valence-corrected chi connectivity index (χ3v) is 4.25. The van der Waals surface area contributed by atoms with E-state index in [-0.39, 0.29) is 0 Å². The first-order chi connectivity index (χ1) is 8.20. The quantitative estimate of drug-likeness (QED) is 0.836. The fourth-order valence-electron chi connectivity index (χ4n) is 2.72. The molecule has 2 rings (SSSR count). The van der Waals surface area contributed by atoms with E-state index < -0.39 is 0 Å². The molecule has 1 nitrogen and oxygen atoms in total. The van der Waals surface area contributed by atoms with Crippen molar-refractivity contribution < 1.29 is 0 Å². The van der Waals surface area contributed by atoms with Crippen LogP contribution in [0.3, 0.4) is 0 Å². The minimum Gasteiger partial charge on any atom is -0.312 e. The van der Waals surface area contributed by atoms with Crippen molar-refractivity contribution in [3.05, 3.63) is 34.9 Å². The molecule has 0 unspecified atom stereocenters. The van der Waals surface area contributed by atoms with E-state index in [1.807, 2.05) is 18.2 Å². The van der Waals surface area contributed by atoms with Crippen molar-refractivity contribution in [2.24, 2.45) is 5.41 Å². The third kappa shape index (κ3) is 3.72. The van der Waals surface area contributed by atoms with Gasteiger partial charge in [0.1, 0.15) is 0 Å². The first-order valence-corrected chi connectivity index (χ1v) is 7.02. The second kappa shape index (κ2) is 5.88. The van der Waals surface area contributed by atoms with E-state index in [1.54, 1.807) is 0 Å². The highest BCUT2D eigenvalue weighted by Gasteiger charge is 2.25. The number of benzene rings is 1. The largest absolute Gasteiger partial charge is 0.312 e. The average Bonchev–Trinajstić information content (AvgIpc) is 2.32. The highest BCUT2D eigenvalue weighted by atomic mass is 35.5. The summed E-state index contributed by atoms with van der Waals surface area (Å²) in [6.45, 7) is 4.40.